The number of nitrogens with one attached hydrogen (secondary N) is 1. The minimum absolute atomic E-state index is 1.11. The van der Waals surface area contributed by atoms with Crippen molar-refractivity contribution in [3.8, 4) is 33.6 Å². The van der Waals surface area contributed by atoms with E-state index in [-0.39, 0.29) is 0 Å². The number of rotatable bonds is 4. The number of imidazole rings is 1. The van der Waals surface area contributed by atoms with Gasteiger partial charge in [0.2, 0.25) is 0 Å². The summed E-state index contributed by atoms with van der Waals surface area (Å²) >= 11 is 1.87. The van der Waals surface area contributed by atoms with Crippen molar-refractivity contribution in [1.82, 2.24) is 9.55 Å². The van der Waals surface area contributed by atoms with Gasteiger partial charge in [0, 0.05) is 43.6 Å². The Kier molecular flexibility index (Phi) is 5.96. The van der Waals surface area contributed by atoms with E-state index in [0.717, 1.165) is 22.7 Å². The van der Waals surface area contributed by atoms with Crippen LogP contribution in [0.2, 0.25) is 0 Å². The van der Waals surface area contributed by atoms with Gasteiger partial charge in [-0.2, -0.15) is 4.57 Å². The van der Waals surface area contributed by atoms with Crippen LogP contribution in [0, 0.1) is 6.92 Å². The zero-order valence-corrected chi connectivity index (χ0v) is 27.1. The van der Waals surface area contributed by atoms with Crippen LogP contribution in [-0.2, 0) is 0 Å². The van der Waals surface area contributed by atoms with Gasteiger partial charge in [-0.25, -0.2) is 4.98 Å². The largest absolute Gasteiger partial charge is 0.309 e. The number of fused-ring (bicyclic) bond motifs is 7. The lowest BCUT2D eigenvalue weighted by Crippen LogP contribution is -2.32. The summed E-state index contributed by atoms with van der Waals surface area (Å²) in [4.78, 5) is 3.54. The number of benzene rings is 7. The monoisotopic (exact) mass is 632 g/mol. The fourth-order valence-corrected chi connectivity index (χ4v) is 8.67. The second kappa shape index (κ2) is 10.5. The zero-order valence-electron chi connectivity index (χ0n) is 26.3. The molecule has 0 radical (unpaired) electrons. The zero-order chi connectivity index (χ0) is 31.8. The number of aromatic nitrogens is 3. The summed E-state index contributed by atoms with van der Waals surface area (Å²) in [5, 5.41) is 5.17. The van der Waals surface area contributed by atoms with Crippen LogP contribution in [0.15, 0.2) is 158 Å². The van der Waals surface area contributed by atoms with E-state index in [9.17, 15) is 0 Å². The smallest absolute Gasteiger partial charge is 0.257 e. The molecule has 1 N–H and O–H groups in total. The molecule has 7 aromatic carbocycles. The molecule has 0 spiro atoms. The molecule has 3 aromatic heterocycles. The molecule has 0 aliphatic heterocycles. The minimum Gasteiger partial charge on any atom is -0.309 e. The van der Waals surface area contributed by atoms with Crippen molar-refractivity contribution in [2.45, 2.75) is 6.92 Å². The molecule has 0 saturated carbocycles. The fraction of sp³-hybridized carbons (Fsp3) is 0.0227. The highest BCUT2D eigenvalue weighted by molar-refractivity contribution is 7.25. The van der Waals surface area contributed by atoms with E-state index in [1.807, 2.05) is 11.3 Å². The molecule has 226 valence electrons. The molecule has 0 amide bonds. The van der Waals surface area contributed by atoms with E-state index in [1.165, 1.54) is 69.7 Å². The number of thiophene rings is 1. The summed E-state index contributed by atoms with van der Waals surface area (Å²) in [6.45, 7) is 2.13. The maximum absolute atomic E-state index is 3.54. The third kappa shape index (κ3) is 4.16. The lowest BCUT2D eigenvalue weighted by Gasteiger charge is -2.11. The van der Waals surface area contributed by atoms with Gasteiger partial charge in [0.15, 0.2) is 11.0 Å². The molecule has 3 nitrogen and oxygen atoms in total. The van der Waals surface area contributed by atoms with Crippen molar-refractivity contribution in [2.75, 3.05) is 0 Å². The lowest BCUT2D eigenvalue weighted by molar-refractivity contribution is -0.574. The van der Waals surface area contributed by atoms with Crippen molar-refractivity contribution < 1.29 is 4.57 Å². The summed E-state index contributed by atoms with van der Waals surface area (Å²) < 4.78 is 7.37. The van der Waals surface area contributed by atoms with E-state index in [0.29, 0.717) is 0 Å². The molecule has 0 aliphatic rings. The summed E-state index contributed by atoms with van der Waals surface area (Å²) in [7, 11) is 0. The van der Waals surface area contributed by atoms with Gasteiger partial charge < -0.3 is 4.57 Å². The Bertz CT molecular complexity index is 2870. The van der Waals surface area contributed by atoms with E-state index in [4.69, 9.17) is 0 Å². The Hall–Kier alpha value is -5.97. The number of hydrogen-bond donors (Lipinski definition) is 1. The number of H-pyrrole nitrogens is 1. The first-order valence-corrected chi connectivity index (χ1v) is 17.2. The first-order chi connectivity index (χ1) is 23.7. The highest BCUT2D eigenvalue weighted by Gasteiger charge is 2.18. The Labute approximate surface area is 281 Å². The summed E-state index contributed by atoms with van der Waals surface area (Å²) in [5.74, 6) is 1.11. The molecule has 0 fully saturated rings. The van der Waals surface area contributed by atoms with E-state index in [2.05, 4.69) is 179 Å². The first kappa shape index (κ1) is 27.2. The molecule has 4 heteroatoms. The van der Waals surface area contributed by atoms with Gasteiger partial charge in [0.25, 0.3) is 5.82 Å². The predicted molar refractivity (Wildman–Crippen MR) is 203 cm³/mol. The molecule has 48 heavy (non-hydrogen) atoms. The standard InChI is InChI=1S/C44H29N3S/c1-28-45-39-16-4-6-18-42(39)46(28)33-12-8-10-29(24-33)31-21-23-41-38(26-31)35-14-2-5-17-40(35)47(41)34-13-9-11-30(25-34)32-20-22-37-36-15-3-7-19-43(36)48-44(37)27-32/h2-27H,1H3/p+1. The van der Waals surface area contributed by atoms with Crippen LogP contribution < -0.4 is 4.57 Å². The van der Waals surface area contributed by atoms with E-state index >= 15 is 0 Å². The molecule has 10 rings (SSSR count). The Balaban J connectivity index is 1.09. The molecule has 0 aliphatic carbocycles. The van der Waals surface area contributed by atoms with Gasteiger partial charge >= 0.3 is 0 Å². The van der Waals surface area contributed by atoms with Crippen LogP contribution in [0.25, 0.3) is 86.6 Å². The molecule has 0 unspecified atom stereocenters. The summed E-state index contributed by atoms with van der Waals surface area (Å²) in [5.41, 5.74) is 11.9. The number of aromatic amines is 1. The van der Waals surface area contributed by atoms with E-state index in [1.54, 1.807) is 0 Å². The van der Waals surface area contributed by atoms with Crippen LogP contribution in [0.3, 0.4) is 0 Å². The average molecular weight is 633 g/mol. The SMILES string of the molecule is Cc1[nH]c2ccccc2[n+]1-c1cccc(-c2ccc3c(c2)c2ccccc2n3-c2cccc(-c3ccc4c(c3)sc3ccccc34)c2)c1. The van der Waals surface area contributed by atoms with Crippen LogP contribution >= 0.6 is 11.3 Å². The van der Waals surface area contributed by atoms with Gasteiger partial charge in [0.1, 0.15) is 5.69 Å². The van der Waals surface area contributed by atoms with E-state index < -0.39 is 0 Å². The lowest BCUT2D eigenvalue weighted by atomic mass is 10.0. The van der Waals surface area contributed by atoms with Crippen molar-refractivity contribution in [2.24, 2.45) is 0 Å². The maximum atomic E-state index is 3.54. The number of aryl methyl sites for hydroxylation is 1. The molecular formula is C44H30N3S+. The summed E-state index contributed by atoms with van der Waals surface area (Å²) in [6.07, 6.45) is 0. The highest BCUT2D eigenvalue weighted by atomic mass is 32.1. The van der Waals surface area contributed by atoms with Crippen LogP contribution in [0.1, 0.15) is 5.82 Å². The van der Waals surface area contributed by atoms with Crippen molar-refractivity contribution in [3.63, 3.8) is 0 Å². The molecule has 3 heterocycles. The van der Waals surface area contributed by atoms with Crippen LogP contribution in [0.4, 0.5) is 0 Å². The molecule has 10 aromatic rings. The van der Waals surface area contributed by atoms with Crippen LogP contribution in [-0.4, -0.2) is 9.55 Å². The Morgan fingerprint density at radius 1 is 0.500 bits per heavy atom. The van der Waals surface area contributed by atoms with Gasteiger partial charge in [-0.05, 0) is 89.0 Å². The topological polar surface area (TPSA) is 24.6 Å². The van der Waals surface area contributed by atoms with Crippen molar-refractivity contribution in [3.05, 3.63) is 164 Å². The second-order valence-electron chi connectivity index (χ2n) is 12.6. The fourth-order valence-electron chi connectivity index (χ4n) is 7.52. The Morgan fingerprint density at radius 3 is 2.12 bits per heavy atom. The Morgan fingerprint density at radius 2 is 1.19 bits per heavy atom. The average Bonchev–Trinajstić information content (AvgIpc) is 3.79. The van der Waals surface area contributed by atoms with Crippen molar-refractivity contribution in [1.29, 1.82) is 0 Å². The molecule has 0 saturated heterocycles. The third-order valence-corrected chi connectivity index (χ3v) is 10.9. The second-order valence-corrected chi connectivity index (χ2v) is 13.6. The molecule has 0 atom stereocenters. The minimum atomic E-state index is 1.11. The first-order valence-electron chi connectivity index (χ1n) is 16.4. The van der Waals surface area contributed by atoms with Crippen molar-refractivity contribution >= 4 is 64.3 Å². The van der Waals surface area contributed by atoms with Crippen LogP contribution in [0.5, 0.6) is 0 Å². The quantitative estimate of drug-likeness (QED) is 0.187. The van der Waals surface area contributed by atoms with Gasteiger partial charge in [-0.1, -0.05) is 91.0 Å². The van der Waals surface area contributed by atoms with Gasteiger partial charge in [-0.15, -0.1) is 11.3 Å². The maximum Gasteiger partial charge on any atom is 0.257 e. The number of nitrogens with zero attached hydrogens (tertiary/aromatic N) is 2. The highest BCUT2D eigenvalue weighted by Crippen LogP contribution is 2.38. The molecular weight excluding hydrogens is 603 g/mol. The predicted octanol–water partition coefficient (Wildman–Crippen LogP) is 11.6. The third-order valence-electron chi connectivity index (χ3n) is 9.72. The normalized spacial score (nSPS) is 11.9. The van der Waals surface area contributed by atoms with Gasteiger partial charge in [-0.3, -0.25) is 0 Å². The molecule has 0 bridgehead atoms. The van der Waals surface area contributed by atoms with Gasteiger partial charge in [0.05, 0.1) is 11.0 Å². The number of hydrogen-bond acceptors (Lipinski definition) is 1. The summed E-state index contributed by atoms with van der Waals surface area (Å²) in [6, 6.07) is 57.6. The number of para-hydroxylation sites is 3.